The summed E-state index contributed by atoms with van der Waals surface area (Å²) in [4.78, 5) is 2.42. The largest absolute Gasteiger partial charge is 0.367 e. The number of halogens is 1. The van der Waals surface area contributed by atoms with E-state index in [1.54, 1.807) is 0 Å². The molecule has 0 fully saturated rings. The Bertz CT molecular complexity index is 536. The van der Waals surface area contributed by atoms with E-state index in [4.69, 9.17) is 11.6 Å². The van der Waals surface area contributed by atoms with Crippen LogP contribution in [0.3, 0.4) is 0 Å². The summed E-state index contributed by atoms with van der Waals surface area (Å²) in [6.45, 7) is 2.05. The monoisotopic (exact) mass is 243 g/mol. The Labute approximate surface area is 107 Å². The van der Waals surface area contributed by atoms with Gasteiger partial charge in [-0.3, -0.25) is 0 Å². The van der Waals surface area contributed by atoms with Crippen LogP contribution in [0.15, 0.2) is 48.5 Å². The second kappa shape index (κ2) is 4.42. The highest BCUT2D eigenvalue weighted by Gasteiger charge is 2.17. The Morgan fingerprint density at radius 2 is 1.94 bits per heavy atom. The van der Waals surface area contributed by atoms with E-state index in [2.05, 4.69) is 35.2 Å². The lowest BCUT2D eigenvalue weighted by atomic mass is 10.1. The molecule has 2 heteroatoms. The molecule has 0 amide bonds. The smallest absolute Gasteiger partial charge is 0.0430 e. The maximum Gasteiger partial charge on any atom is 0.0430 e. The minimum atomic E-state index is 0.815. The molecule has 1 nitrogen and oxygen atoms in total. The van der Waals surface area contributed by atoms with Crippen molar-refractivity contribution in [1.29, 1.82) is 0 Å². The van der Waals surface area contributed by atoms with Crippen LogP contribution in [0.2, 0.25) is 5.02 Å². The highest BCUT2D eigenvalue weighted by Crippen LogP contribution is 2.29. The number of rotatable bonds is 2. The zero-order valence-electron chi connectivity index (χ0n) is 9.57. The van der Waals surface area contributed by atoms with Gasteiger partial charge in [0.2, 0.25) is 0 Å². The van der Waals surface area contributed by atoms with E-state index >= 15 is 0 Å². The van der Waals surface area contributed by atoms with Crippen LogP contribution in [0, 0.1) is 0 Å². The van der Waals surface area contributed by atoms with Crippen LogP contribution in [0.4, 0.5) is 5.69 Å². The first-order valence-electron chi connectivity index (χ1n) is 5.90. The molecule has 17 heavy (non-hydrogen) atoms. The van der Waals surface area contributed by atoms with Crippen LogP contribution >= 0.6 is 11.6 Å². The van der Waals surface area contributed by atoms with Gasteiger partial charge in [0.25, 0.3) is 0 Å². The average Bonchev–Trinajstić information content (AvgIpc) is 2.73. The molecule has 0 unspecified atom stereocenters. The molecule has 86 valence electrons. The van der Waals surface area contributed by atoms with Gasteiger partial charge >= 0.3 is 0 Å². The summed E-state index contributed by atoms with van der Waals surface area (Å²) in [5, 5.41) is 0.815. The Balaban J connectivity index is 1.84. The first-order chi connectivity index (χ1) is 8.33. The van der Waals surface area contributed by atoms with Crippen molar-refractivity contribution in [1.82, 2.24) is 0 Å². The van der Waals surface area contributed by atoms with E-state index in [0.29, 0.717) is 0 Å². The number of hydrogen-bond donors (Lipinski definition) is 0. The zero-order valence-corrected chi connectivity index (χ0v) is 10.3. The van der Waals surface area contributed by atoms with E-state index in [1.807, 2.05) is 18.2 Å². The number of hydrogen-bond acceptors (Lipinski definition) is 1. The van der Waals surface area contributed by atoms with Crippen molar-refractivity contribution in [3.8, 4) is 0 Å². The Kier molecular flexibility index (Phi) is 2.77. The molecule has 0 aromatic heterocycles. The lowest BCUT2D eigenvalue weighted by Crippen LogP contribution is -2.19. The summed E-state index contributed by atoms with van der Waals surface area (Å²) in [7, 11) is 0. The topological polar surface area (TPSA) is 3.24 Å². The molecule has 2 aromatic rings. The molecule has 0 aliphatic carbocycles. The summed E-state index contributed by atoms with van der Waals surface area (Å²) in [6, 6.07) is 16.7. The molecule has 0 atom stereocenters. The first kappa shape index (κ1) is 10.7. The van der Waals surface area contributed by atoms with Gasteiger partial charge in [0.1, 0.15) is 0 Å². The number of nitrogens with zero attached hydrogens (tertiary/aromatic N) is 1. The molecular formula is C15H14ClN. The average molecular weight is 244 g/mol. The highest BCUT2D eigenvalue weighted by atomic mass is 35.5. The van der Waals surface area contributed by atoms with Crippen molar-refractivity contribution >= 4 is 17.3 Å². The van der Waals surface area contributed by atoms with Crippen LogP contribution in [0.5, 0.6) is 0 Å². The van der Waals surface area contributed by atoms with E-state index in [1.165, 1.54) is 16.8 Å². The van der Waals surface area contributed by atoms with Crippen LogP contribution in [-0.4, -0.2) is 6.54 Å². The first-order valence-corrected chi connectivity index (χ1v) is 6.28. The molecule has 1 heterocycles. The van der Waals surface area contributed by atoms with Gasteiger partial charge in [-0.2, -0.15) is 0 Å². The SMILES string of the molecule is Clc1cccc(CN2CCc3ccccc32)c1. The van der Waals surface area contributed by atoms with E-state index < -0.39 is 0 Å². The molecule has 2 aromatic carbocycles. The van der Waals surface area contributed by atoms with Gasteiger partial charge in [-0.15, -0.1) is 0 Å². The summed E-state index contributed by atoms with van der Waals surface area (Å²) in [5.74, 6) is 0. The third-order valence-corrected chi connectivity index (χ3v) is 3.48. The normalized spacial score (nSPS) is 13.8. The second-order valence-corrected chi connectivity index (χ2v) is 4.87. The molecule has 0 bridgehead atoms. The van der Waals surface area contributed by atoms with E-state index in [9.17, 15) is 0 Å². The van der Waals surface area contributed by atoms with Gasteiger partial charge in [0.15, 0.2) is 0 Å². The minimum Gasteiger partial charge on any atom is -0.367 e. The molecule has 1 aliphatic heterocycles. The quantitative estimate of drug-likeness (QED) is 0.773. The molecule has 0 spiro atoms. The number of para-hydroxylation sites is 1. The van der Waals surface area contributed by atoms with Gasteiger partial charge < -0.3 is 4.90 Å². The van der Waals surface area contributed by atoms with Crippen molar-refractivity contribution in [3.05, 3.63) is 64.7 Å². The van der Waals surface area contributed by atoms with Gasteiger partial charge in [0, 0.05) is 23.8 Å². The predicted octanol–water partition coefficient (Wildman–Crippen LogP) is 3.90. The van der Waals surface area contributed by atoms with Crippen molar-refractivity contribution in [3.63, 3.8) is 0 Å². The fraction of sp³-hybridized carbons (Fsp3) is 0.200. The van der Waals surface area contributed by atoms with Crippen molar-refractivity contribution in [2.24, 2.45) is 0 Å². The number of benzene rings is 2. The summed E-state index contributed by atoms with van der Waals surface area (Å²) < 4.78 is 0. The second-order valence-electron chi connectivity index (χ2n) is 4.43. The zero-order chi connectivity index (χ0) is 11.7. The molecular weight excluding hydrogens is 230 g/mol. The van der Waals surface area contributed by atoms with Crippen LogP contribution < -0.4 is 4.90 Å². The van der Waals surface area contributed by atoms with Crippen LogP contribution in [-0.2, 0) is 13.0 Å². The van der Waals surface area contributed by atoms with Crippen LogP contribution in [0.1, 0.15) is 11.1 Å². The lowest BCUT2D eigenvalue weighted by molar-refractivity contribution is 0.836. The number of anilines is 1. The molecule has 0 N–H and O–H groups in total. The Morgan fingerprint density at radius 3 is 2.82 bits per heavy atom. The molecule has 0 saturated heterocycles. The van der Waals surface area contributed by atoms with Crippen molar-refractivity contribution < 1.29 is 0 Å². The maximum absolute atomic E-state index is 6.01. The minimum absolute atomic E-state index is 0.815. The number of fused-ring (bicyclic) bond motifs is 1. The molecule has 0 radical (unpaired) electrons. The van der Waals surface area contributed by atoms with Crippen molar-refractivity contribution in [2.75, 3.05) is 11.4 Å². The standard InChI is InChI=1S/C15H14ClN/c16-14-6-3-4-12(10-14)11-17-9-8-13-5-1-2-7-15(13)17/h1-7,10H,8-9,11H2. The summed E-state index contributed by atoms with van der Waals surface area (Å²) in [6.07, 6.45) is 1.15. The molecule has 3 rings (SSSR count). The van der Waals surface area contributed by atoms with E-state index in [0.717, 1.165) is 24.5 Å². The third kappa shape index (κ3) is 2.16. The van der Waals surface area contributed by atoms with E-state index in [-0.39, 0.29) is 0 Å². The van der Waals surface area contributed by atoms with Gasteiger partial charge in [-0.05, 0) is 35.7 Å². The van der Waals surface area contributed by atoms with Crippen molar-refractivity contribution in [2.45, 2.75) is 13.0 Å². The lowest BCUT2D eigenvalue weighted by Gasteiger charge is -2.19. The highest BCUT2D eigenvalue weighted by molar-refractivity contribution is 6.30. The molecule has 0 saturated carbocycles. The summed E-state index contributed by atoms with van der Waals surface area (Å²) in [5.41, 5.74) is 4.09. The van der Waals surface area contributed by atoms with Gasteiger partial charge in [-0.25, -0.2) is 0 Å². The predicted molar refractivity (Wildman–Crippen MR) is 72.6 cm³/mol. The maximum atomic E-state index is 6.01. The van der Waals surface area contributed by atoms with Crippen LogP contribution in [0.25, 0.3) is 0 Å². The Hall–Kier alpha value is -1.47. The fourth-order valence-electron chi connectivity index (χ4n) is 2.43. The fourth-order valence-corrected chi connectivity index (χ4v) is 2.64. The third-order valence-electron chi connectivity index (χ3n) is 3.25. The summed E-state index contributed by atoms with van der Waals surface area (Å²) >= 11 is 6.01. The molecule has 1 aliphatic rings. The van der Waals surface area contributed by atoms with Gasteiger partial charge in [-0.1, -0.05) is 41.9 Å². The van der Waals surface area contributed by atoms with Gasteiger partial charge in [0.05, 0.1) is 0 Å². The Morgan fingerprint density at radius 1 is 1.06 bits per heavy atom.